The predicted octanol–water partition coefficient (Wildman–Crippen LogP) is 3.36. The Balaban J connectivity index is 2.52. The van der Waals surface area contributed by atoms with Crippen LogP contribution in [0.1, 0.15) is 11.1 Å². The lowest BCUT2D eigenvalue weighted by atomic mass is 10.2. The second-order valence-corrected chi connectivity index (χ2v) is 7.31. The van der Waals surface area contributed by atoms with Gasteiger partial charge in [0.25, 0.3) is 10.0 Å². The summed E-state index contributed by atoms with van der Waals surface area (Å²) >= 11 is 6.04. The van der Waals surface area contributed by atoms with Crippen LogP contribution in [0.2, 0.25) is 5.02 Å². The average Bonchev–Trinajstić information content (AvgIpc) is 2.43. The molecule has 0 aliphatic rings. The van der Waals surface area contributed by atoms with Crippen molar-refractivity contribution in [2.24, 2.45) is 0 Å². The molecule has 2 rings (SSSR count). The van der Waals surface area contributed by atoms with Crippen LogP contribution in [-0.4, -0.2) is 15.5 Å². The second kappa shape index (κ2) is 5.58. The number of hydrogen-bond donors (Lipinski definition) is 1. The molecule has 0 spiro atoms. The minimum atomic E-state index is -3.70. The van der Waals surface area contributed by atoms with E-state index in [1.165, 1.54) is 23.5 Å². The maximum Gasteiger partial charge on any atom is 0.264 e. The molecule has 0 atom stereocenters. The maximum absolute atomic E-state index is 12.7. The van der Waals surface area contributed by atoms with Gasteiger partial charge in [-0.25, -0.2) is 8.42 Å². The number of aryl methyl sites for hydroxylation is 1. The molecule has 2 aromatic carbocycles. The van der Waals surface area contributed by atoms with Gasteiger partial charge in [-0.2, -0.15) is 0 Å². The molecule has 0 bridgehead atoms. The summed E-state index contributed by atoms with van der Waals surface area (Å²) in [5.41, 5.74) is 8.42. The smallest absolute Gasteiger partial charge is 0.264 e. The monoisotopic (exact) mass is 324 g/mol. The highest BCUT2D eigenvalue weighted by Gasteiger charge is 2.23. The second-order valence-electron chi connectivity index (χ2n) is 4.93. The molecule has 0 aromatic heterocycles. The molecule has 0 saturated carbocycles. The van der Waals surface area contributed by atoms with E-state index in [0.29, 0.717) is 22.0 Å². The molecule has 0 fully saturated rings. The van der Waals surface area contributed by atoms with E-state index in [0.717, 1.165) is 5.56 Å². The number of nitrogens with zero attached hydrogens (tertiary/aromatic N) is 1. The van der Waals surface area contributed by atoms with Gasteiger partial charge in [0.15, 0.2) is 0 Å². The van der Waals surface area contributed by atoms with Gasteiger partial charge in [0.1, 0.15) is 0 Å². The summed E-state index contributed by atoms with van der Waals surface area (Å²) in [7, 11) is -2.19. The Kier molecular flexibility index (Phi) is 4.16. The van der Waals surface area contributed by atoms with Crippen molar-refractivity contribution in [2.75, 3.05) is 17.1 Å². The number of benzene rings is 2. The Morgan fingerprint density at radius 3 is 2.38 bits per heavy atom. The first-order valence-corrected chi connectivity index (χ1v) is 8.16. The maximum atomic E-state index is 12.7. The van der Waals surface area contributed by atoms with E-state index in [4.69, 9.17) is 17.3 Å². The van der Waals surface area contributed by atoms with Crippen LogP contribution in [0.25, 0.3) is 0 Å². The number of anilines is 2. The summed E-state index contributed by atoms with van der Waals surface area (Å²) in [6, 6.07) is 10.1. The predicted molar refractivity (Wildman–Crippen MR) is 87.4 cm³/mol. The fourth-order valence-corrected chi connectivity index (χ4v) is 3.49. The molecule has 0 heterocycles. The highest BCUT2D eigenvalue weighted by molar-refractivity contribution is 7.92. The van der Waals surface area contributed by atoms with E-state index in [-0.39, 0.29) is 4.90 Å². The van der Waals surface area contributed by atoms with Crippen LogP contribution in [0.3, 0.4) is 0 Å². The van der Waals surface area contributed by atoms with Crippen LogP contribution in [0.5, 0.6) is 0 Å². The van der Waals surface area contributed by atoms with Gasteiger partial charge in [-0.3, -0.25) is 4.31 Å². The fraction of sp³-hybridized carbons (Fsp3) is 0.200. The topological polar surface area (TPSA) is 63.4 Å². The molecule has 0 saturated heterocycles. The van der Waals surface area contributed by atoms with E-state index >= 15 is 0 Å². The Labute approximate surface area is 130 Å². The number of halogens is 1. The molecule has 2 N–H and O–H groups in total. The number of nitrogens with two attached hydrogens (primary N) is 1. The van der Waals surface area contributed by atoms with Crippen molar-refractivity contribution in [3.8, 4) is 0 Å². The summed E-state index contributed by atoms with van der Waals surface area (Å²) in [6.45, 7) is 3.66. The van der Waals surface area contributed by atoms with E-state index in [2.05, 4.69) is 0 Å². The van der Waals surface area contributed by atoms with Crippen molar-refractivity contribution in [1.29, 1.82) is 0 Å². The molecule has 6 heteroatoms. The van der Waals surface area contributed by atoms with E-state index in [9.17, 15) is 8.42 Å². The third-order valence-corrected chi connectivity index (χ3v) is 5.54. The van der Waals surface area contributed by atoms with Crippen LogP contribution >= 0.6 is 11.6 Å². The Morgan fingerprint density at radius 1 is 1.14 bits per heavy atom. The van der Waals surface area contributed by atoms with Gasteiger partial charge in [0.2, 0.25) is 0 Å². The van der Waals surface area contributed by atoms with Gasteiger partial charge in [0, 0.05) is 17.8 Å². The molecule has 4 nitrogen and oxygen atoms in total. The molecule has 0 radical (unpaired) electrons. The first-order valence-electron chi connectivity index (χ1n) is 6.34. The Morgan fingerprint density at radius 2 is 1.81 bits per heavy atom. The minimum absolute atomic E-state index is 0.0830. The van der Waals surface area contributed by atoms with Gasteiger partial charge < -0.3 is 5.73 Å². The van der Waals surface area contributed by atoms with Gasteiger partial charge in [-0.1, -0.05) is 23.7 Å². The zero-order valence-electron chi connectivity index (χ0n) is 12.1. The lowest BCUT2D eigenvalue weighted by Crippen LogP contribution is -2.26. The molecular formula is C15H17ClN2O2S. The van der Waals surface area contributed by atoms with E-state index in [1.54, 1.807) is 19.1 Å². The normalized spacial score (nSPS) is 11.4. The average molecular weight is 325 g/mol. The lowest BCUT2D eigenvalue weighted by Gasteiger charge is -2.20. The molecule has 21 heavy (non-hydrogen) atoms. The van der Waals surface area contributed by atoms with Crippen LogP contribution in [0.4, 0.5) is 11.4 Å². The van der Waals surface area contributed by atoms with Crippen molar-refractivity contribution >= 4 is 33.0 Å². The van der Waals surface area contributed by atoms with Gasteiger partial charge in [-0.15, -0.1) is 0 Å². The summed E-state index contributed by atoms with van der Waals surface area (Å²) in [6.07, 6.45) is 0. The van der Waals surface area contributed by atoms with Crippen LogP contribution < -0.4 is 10.0 Å². The standard InChI is InChI=1S/C15H17ClN2O2S/c1-10-5-4-6-12(7-10)18(3)21(19,20)13-8-14(16)11(2)15(17)9-13/h4-9H,17H2,1-3H3. The van der Waals surface area contributed by atoms with Gasteiger partial charge in [-0.05, 0) is 49.2 Å². The van der Waals surface area contributed by atoms with Crippen molar-refractivity contribution in [2.45, 2.75) is 18.7 Å². The lowest BCUT2D eigenvalue weighted by molar-refractivity contribution is 0.594. The van der Waals surface area contributed by atoms with E-state index < -0.39 is 10.0 Å². The Bertz CT molecular complexity index is 765. The number of rotatable bonds is 3. The first kappa shape index (κ1) is 15.7. The van der Waals surface area contributed by atoms with Crippen LogP contribution in [0.15, 0.2) is 41.3 Å². The number of hydrogen-bond acceptors (Lipinski definition) is 3. The summed E-state index contributed by atoms with van der Waals surface area (Å²) < 4.78 is 26.6. The fourth-order valence-electron chi connectivity index (χ4n) is 1.94. The molecule has 0 aliphatic carbocycles. The van der Waals surface area contributed by atoms with Crippen molar-refractivity contribution in [3.05, 3.63) is 52.5 Å². The third kappa shape index (κ3) is 2.99. The SMILES string of the molecule is Cc1cccc(N(C)S(=O)(=O)c2cc(N)c(C)c(Cl)c2)c1. The van der Waals surface area contributed by atoms with Crippen molar-refractivity contribution in [1.82, 2.24) is 0 Å². The number of sulfonamides is 1. The zero-order chi connectivity index (χ0) is 15.8. The first-order chi connectivity index (χ1) is 9.73. The van der Waals surface area contributed by atoms with Crippen LogP contribution in [-0.2, 0) is 10.0 Å². The minimum Gasteiger partial charge on any atom is -0.398 e. The zero-order valence-corrected chi connectivity index (χ0v) is 13.7. The van der Waals surface area contributed by atoms with Crippen molar-refractivity contribution in [3.63, 3.8) is 0 Å². The molecule has 112 valence electrons. The quantitative estimate of drug-likeness (QED) is 0.880. The van der Waals surface area contributed by atoms with Gasteiger partial charge in [0.05, 0.1) is 10.6 Å². The highest BCUT2D eigenvalue weighted by Crippen LogP contribution is 2.29. The highest BCUT2D eigenvalue weighted by atomic mass is 35.5. The molecule has 0 unspecified atom stereocenters. The van der Waals surface area contributed by atoms with Gasteiger partial charge >= 0.3 is 0 Å². The summed E-state index contributed by atoms with van der Waals surface area (Å²) in [4.78, 5) is 0.0830. The Hall–Kier alpha value is -1.72. The molecule has 0 amide bonds. The molecule has 2 aromatic rings. The largest absolute Gasteiger partial charge is 0.398 e. The van der Waals surface area contributed by atoms with Crippen LogP contribution in [0, 0.1) is 13.8 Å². The van der Waals surface area contributed by atoms with Crippen molar-refractivity contribution < 1.29 is 8.42 Å². The molecular weight excluding hydrogens is 308 g/mol. The molecule has 0 aliphatic heterocycles. The summed E-state index contributed by atoms with van der Waals surface area (Å²) in [5, 5.41) is 0.339. The third-order valence-electron chi connectivity index (χ3n) is 3.38. The summed E-state index contributed by atoms with van der Waals surface area (Å²) in [5.74, 6) is 0. The number of nitrogen functional groups attached to an aromatic ring is 1. The van der Waals surface area contributed by atoms with E-state index in [1.807, 2.05) is 19.1 Å².